The predicted molar refractivity (Wildman–Crippen MR) is 121 cm³/mol. The van der Waals surface area contributed by atoms with Crippen LogP contribution in [0.15, 0.2) is 65.8 Å². The summed E-state index contributed by atoms with van der Waals surface area (Å²) in [6, 6.07) is 10.4. The van der Waals surface area contributed by atoms with Crippen molar-refractivity contribution >= 4 is 26.6 Å². The Balaban J connectivity index is 1.59. The van der Waals surface area contributed by atoms with Crippen molar-refractivity contribution in [3.63, 3.8) is 0 Å². The molecular weight excluding hydrogens is 467 g/mol. The minimum Gasteiger partial charge on any atom is -0.343 e. The van der Waals surface area contributed by atoms with Gasteiger partial charge in [0.2, 0.25) is 0 Å². The van der Waals surface area contributed by atoms with E-state index >= 15 is 8.78 Å². The quantitative estimate of drug-likeness (QED) is 0.322. The number of aromatic nitrogens is 4. The highest BCUT2D eigenvalue weighted by Gasteiger charge is 2.24. The van der Waals surface area contributed by atoms with E-state index in [1.54, 1.807) is 25.3 Å². The van der Waals surface area contributed by atoms with Gasteiger partial charge in [-0.15, -0.1) is 0 Å². The molecule has 0 fully saturated rings. The van der Waals surface area contributed by atoms with Crippen molar-refractivity contribution in [3.8, 4) is 22.6 Å². The molecule has 2 heterocycles. The van der Waals surface area contributed by atoms with E-state index < -0.39 is 44.3 Å². The molecule has 0 aliphatic rings. The van der Waals surface area contributed by atoms with Gasteiger partial charge in [-0.3, -0.25) is 9.82 Å². The van der Waals surface area contributed by atoms with E-state index in [4.69, 9.17) is 0 Å². The van der Waals surface area contributed by atoms with Gasteiger partial charge in [-0.05, 0) is 37.3 Å². The number of nitrogens with one attached hydrogen (secondary N) is 3. The fraction of sp³-hybridized carbons (Fsp3) is 0.0435. The zero-order chi connectivity index (χ0) is 24.0. The largest absolute Gasteiger partial charge is 0.343 e. The van der Waals surface area contributed by atoms with Gasteiger partial charge >= 0.3 is 0 Å². The van der Waals surface area contributed by atoms with Gasteiger partial charge in [0.15, 0.2) is 17.5 Å². The number of fused-ring (bicyclic) bond motifs is 1. The summed E-state index contributed by atoms with van der Waals surface area (Å²) in [6.45, 7) is 1.79. The van der Waals surface area contributed by atoms with Gasteiger partial charge in [0.1, 0.15) is 17.0 Å². The third-order valence-corrected chi connectivity index (χ3v) is 6.72. The SMILES string of the molecule is Cc1ccc(S(=O)(=O)Nc2ccc(F)c(-c3ccc4c(-c5ncc[nH]5)[nH]nc4c3F)c2F)cc1. The highest BCUT2D eigenvalue weighted by Crippen LogP contribution is 2.37. The molecule has 0 aliphatic heterocycles. The number of aromatic amines is 2. The number of aryl methyl sites for hydroxylation is 1. The fourth-order valence-corrected chi connectivity index (χ4v) is 4.68. The number of halogens is 3. The second-order valence-corrected chi connectivity index (χ2v) is 9.24. The van der Waals surface area contributed by atoms with E-state index in [1.807, 2.05) is 0 Å². The molecule has 3 aromatic carbocycles. The molecule has 0 spiro atoms. The molecule has 34 heavy (non-hydrogen) atoms. The average Bonchev–Trinajstić information content (AvgIpc) is 3.47. The lowest BCUT2D eigenvalue weighted by Crippen LogP contribution is -2.14. The van der Waals surface area contributed by atoms with Gasteiger partial charge in [0.25, 0.3) is 10.0 Å². The summed E-state index contributed by atoms with van der Waals surface area (Å²) in [4.78, 5) is 6.86. The zero-order valence-corrected chi connectivity index (χ0v) is 18.3. The topological polar surface area (TPSA) is 104 Å². The van der Waals surface area contributed by atoms with Crippen LogP contribution in [0.1, 0.15) is 5.56 Å². The number of hydrogen-bond donors (Lipinski definition) is 3. The average molecular weight is 483 g/mol. The Morgan fingerprint density at radius 1 is 0.941 bits per heavy atom. The van der Waals surface area contributed by atoms with Gasteiger partial charge < -0.3 is 4.98 Å². The van der Waals surface area contributed by atoms with Crippen molar-refractivity contribution < 1.29 is 21.6 Å². The molecule has 2 aromatic heterocycles. The first kappa shape index (κ1) is 21.7. The standard InChI is InChI=1S/C23H16F3N5O2S/c1-12-2-4-13(5-3-12)34(32,33)31-17-9-8-16(24)18(20(17)26)14-6-7-15-21(19(14)25)29-30-22(15)23-27-10-11-28-23/h2-11,31H,1H3,(H,27,28)(H,29,30). The fourth-order valence-electron chi connectivity index (χ4n) is 3.62. The molecular formula is C23H16F3N5O2S. The van der Waals surface area contributed by atoms with Crippen LogP contribution in [-0.4, -0.2) is 28.6 Å². The lowest BCUT2D eigenvalue weighted by Gasteiger charge is -2.13. The normalized spacial score (nSPS) is 11.8. The van der Waals surface area contributed by atoms with E-state index in [2.05, 4.69) is 24.9 Å². The van der Waals surface area contributed by atoms with Crippen LogP contribution in [-0.2, 0) is 10.0 Å². The predicted octanol–water partition coefficient (Wildman–Crippen LogP) is 5.15. The number of benzene rings is 3. The summed E-state index contributed by atoms with van der Waals surface area (Å²) in [5.41, 5.74) is -0.537. The Bertz CT molecular complexity index is 1630. The van der Waals surface area contributed by atoms with Crippen molar-refractivity contribution in [1.29, 1.82) is 0 Å². The third-order valence-electron chi connectivity index (χ3n) is 5.34. The molecule has 0 radical (unpaired) electrons. The molecule has 172 valence electrons. The molecule has 5 aromatic rings. The van der Waals surface area contributed by atoms with Crippen molar-refractivity contribution in [1.82, 2.24) is 20.2 Å². The maximum Gasteiger partial charge on any atom is 0.261 e. The maximum atomic E-state index is 15.4. The molecule has 0 bridgehead atoms. The van der Waals surface area contributed by atoms with E-state index in [9.17, 15) is 12.8 Å². The lowest BCUT2D eigenvalue weighted by atomic mass is 10.0. The molecule has 7 nitrogen and oxygen atoms in total. The smallest absolute Gasteiger partial charge is 0.261 e. The summed E-state index contributed by atoms with van der Waals surface area (Å²) < 4.78 is 72.9. The number of imidazole rings is 1. The number of nitrogens with zero attached hydrogens (tertiary/aromatic N) is 2. The highest BCUT2D eigenvalue weighted by atomic mass is 32.2. The first-order valence-electron chi connectivity index (χ1n) is 10.0. The summed E-state index contributed by atoms with van der Waals surface area (Å²) in [7, 11) is -4.16. The Labute approximate surface area is 191 Å². The summed E-state index contributed by atoms with van der Waals surface area (Å²) in [6.07, 6.45) is 3.10. The molecule has 5 rings (SSSR count). The Hall–Kier alpha value is -4.12. The summed E-state index contributed by atoms with van der Waals surface area (Å²) in [5, 5.41) is 6.95. The van der Waals surface area contributed by atoms with Crippen LogP contribution in [0.5, 0.6) is 0 Å². The van der Waals surface area contributed by atoms with Crippen LogP contribution in [0, 0.1) is 24.4 Å². The Morgan fingerprint density at radius 3 is 2.41 bits per heavy atom. The minimum absolute atomic E-state index is 0.0991. The minimum atomic E-state index is -4.16. The Kier molecular flexibility index (Phi) is 5.13. The molecule has 0 saturated carbocycles. The second-order valence-electron chi connectivity index (χ2n) is 7.56. The van der Waals surface area contributed by atoms with Crippen molar-refractivity contribution in [2.75, 3.05) is 4.72 Å². The number of hydrogen-bond acceptors (Lipinski definition) is 4. The van der Waals surface area contributed by atoms with E-state index in [1.165, 1.54) is 30.5 Å². The highest BCUT2D eigenvalue weighted by molar-refractivity contribution is 7.92. The monoisotopic (exact) mass is 483 g/mol. The first-order chi connectivity index (χ1) is 16.3. The number of sulfonamides is 1. The van der Waals surface area contributed by atoms with Gasteiger partial charge in [-0.2, -0.15) is 5.10 Å². The first-order valence-corrected chi connectivity index (χ1v) is 11.5. The van der Waals surface area contributed by atoms with Crippen molar-refractivity contribution in [3.05, 3.63) is 83.9 Å². The number of H-pyrrole nitrogens is 2. The van der Waals surface area contributed by atoms with E-state index in [-0.39, 0.29) is 10.4 Å². The summed E-state index contributed by atoms with van der Waals surface area (Å²) in [5.74, 6) is -2.87. The van der Waals surface area contributed by atoms with Gasteiger partial charge in [-0.1, -0.05) is 23.8 Å². The van der Waals surface area contributed by atoms with E-state index in [0.717, 1.165) is 17.7 Å². The molecule has 0 unspecified atom stereocenters. The maximum absolute atomic E-state index is 15.4. The lowest BCUT2D eigenvalue weighted by molar-refractivity contribution is 0.583. The van der Waals surface area contributed by atoms with Gasteiger partial charge in [0.05, 0.1) is 16.1 Å². The van der Waals surface area contributed by atoms with Crippen LogP contribution >= 0.6 is 0 Å². The molecule has 0 aliphatic carbocycles. The van der Waals surface area contributed by atoms with E-state index in [0.29, 0.717) is 16.9 Å². The Morgan fingerprint density at radius 2 is 1.71 bits per heavy atom. The van der Waals surface area contributed by atoms with Crippen LogP contribution in [0.2, 0.25) is 0 Å². The molecule has 0 saturated heterocycles. The molecule has 11 heteroatoms. The van der Waals surface area contributed by atoms with Crippen molar-refractivity contribution in [2.24, 2.45) is 0 Å². The van der Waals surface area contributed by atoms with Crippen LogP contribution in [0.25, 0.3) is 33.5 Å². The van der Waals surface area contributed by atoms with Crippen LogP contribution in [0.3, 0.4) is 0 Å². The van der Waals surface area contributed by atoms with Gasteiger partial charge in [-0.25, -0.2) is 26.6 Å². The third kappa shape index (κ3) is 3.59. The summed E-state index contributed by atoms with van der Waals surface area (Å²) >= 11 is 0. The second kappa shape index (κ2) is 8.03. The molecule has 0 atom stereocenters. The van der Waals surface area contributed by atoms with Gasteiger partial charge in [0, 0.05) is 23.3 Å². The van der Waals surface area contributed by atoms with Crippen LogP contribution in [0.4, 0.5) is 18.9 Å². The number of anilines is 1. The van der Waals surface area contributed by atoms with Crippen LogP contribution < -0.4 is 4.72 Å². The molecule has 0 amide bonds. The van der Waals surface area contributed by atoms with Crippen molar-refractivity contribution in [2.45, 2.75) is 11.8 Å². The number of rotatable bonds is 5. The molecule has 3 N–H and O–H groups in total. The zero-order valence-electron chi connectivity index (χ0n) is 17.5.